The van der Waals surface area contributed by atoms with Gasteiger partial charge in [0, 0.05) is 12.1 Å². The molecule has 0 aliphatic rings. The van der Waals surface area contributed by atoms with E-state index in [4.69, 9.17) is 11.6 Å². The van der Waals surface area contributed by atoms with Crippen molar-refractivity contribution >= 4 is 17.6 Å². The monoisotopic (exact) mass is 257 g/mol. The number of nitrogens with one attached hydrogen (secondary N) is 1. The molecule has 94 valence electrons. The molecule has 0 aliphatic carbocycles. The fourth-order valence-electron chi connectivity index (χ4n) is 1.35. The number of phenols is 1. The second-order valence-electron chi connectivity index (χ2n) is 4.22. The van der Waals surface area contributed by atoms with Crippen molar-refractivity contribution < 1.29 is 14.6 Å². The number of para-hydroxylation sites is 1. The first-order valence-corrected chi connectivity index (χ1v) is 5.56. The first-order chi connectivity index (χ1) is 7.88. The van der Waals surface area contributed by atoms with Gasteiger partial charge < -0.3 is 9.84 Å². The zero-order valence-electron chi connectivity index (χ0n) is 10.1. The Kier molecular flexibility index (Phi) is 4.37. The molecule has 0 atom stereocenters. The first-order valence-electron chi connectivity index (χ1n) is 5.18. The van der Waals surface area contributed by atoms with Gasteiger partial charge in [-0.25, -0.2) is 0 Å². The number of hydrogen-bond acceptors (Lipinski definition) is 4. The van der Waals surface area contributed by atoms with Gasteiger partial charge in [0.15, 0.2) is 0 Å². The number of carbonyl (C=O) groups is 1. The molecule has 0 saturated heterocycles. The van der Waals surface area contributed by atoms with Crippen LogP contribution in [0.3, 0.4) is 0 Å². The fraction of sp³-hybridized carbons (Fsp3) is 0.417. The molecule has 2 N–H and O–H groups in total. The lowest BCUT2D eigenvalue weighted by Gasteiger charge is -2.23. The van der Waals surface area contributed by atoms with Crippen molar-refractivity contribution in [1.29, 1.82) is 0 Å². The maximum atomic E-state index is 11.4. The summed E-state index contributed by atoms with van der Waals surface area (Å²) in [5, 5.41) is 13.0. The SMILES string of the molecule is COC(=O)C(C)(C)NCc1cccc(Cl)c1O. The van der Waals surface area contributed by atoms with E-state index in [-0.39, 0.29) is 11.7 Å². The summed E-state index contributed by atoms with van der Waals surface area (Å²) in [6.07, 6.45) is 0. The molecular formula is C12H16ClNO3. The minimum Gasteiger partial charge on any atom is -0.506 e. The van der Waals surface area contributed by atoms with Crippen molar-refractivity contribution in [2.75, 3.05) is 7.11 Å². The van der Waals surface area contributed by atoms with Crippen LogP contribution in [0.1, 0.15) is 19.4 Å². The Bertz CT molecular complexity index is 418. The van der Waals surface area contributed by atoms with Crippen LogP contribution in [0.4, 0.5) is 0 Å². The predicted octanol–water partition coefficient (Wildman–Crippen LogP) is 2.09. The van der Waals surface area contributed by atoms with Gasteiger partial charge in [-0.2, -0.15) is 0 Å². The van der Waals surface area contributed by atoms with Gasteiger partial charge in [-0.15, -0.1) is 0 Å². The highest BCUT2D eigenvalue weighted by Crippen LogP contribution is 2.27. The van der Waals surface area contributed by atoms with Crippen molar-refractivity contribution in [2.24, 2.45) is 0 Å². The number of halogens is 1. The van der Waals surface area contributed by atoms with Crippen LogP contribution in [0.25, 0.3) is 0 Å². The number of ether oxygens (including phenoxy) is 1. The number of phenolic OH excluding ortho intramolecular Hbond substituents is 1. The topological polar surface area (TPSA) is 58.6 Å². The minimum atomic E-state index is -0.816. The third kappa shape index (κ3) is 3.35. The van der Waals surface area contributed by atoms with Crippen LogP contribution in [0, 0.1) is 0 Å². The van der Waals surface area contributed by atoms with Crippen molar-refractivity contribution in [2.45, 2.75) is 25.9 Å². The molecule has 1 aromatic rings. The number of carbonyl (C=O) groups excluding carboxylic acids is 1. The Labute approximate surface area is 106 Å². The summed E-state index contributed by atoms with van der Waals surface area (Å²) in [5.41, 5.74) is -0.182. The molecule has 0 aromatic heterocycles. The summed E-state index contributed by atoms with van der Waals surface area (Å²) in [6.45, 7) is 3.75. The van der Waals surface area contributed by atoms with Crippen molar-refractivity contribution in [3.05, 3.63) is 28.8 Å². The molecule has 0 heterocycles. The van der Waals surface area contributed by atoms with Gasteiger partial charge in [0.1, 0.15) is 11.3 Å². The third-order valence-electron chi connectivity index (χ3n) is 2.49. The number of benzene rings is 1. The predicted molar refractivity (Wildman–Crippen MR) is 66.1 cm³/mol. The van der Waals surface area contributed by atoms with Gasteiger partial charge in [0.2, 0.25) is 0 Å². The first kappa shape index (κ1) is 13.8. The lowest BCUT2D eigenvalue weighted by atomic mass is 10.1. The highest BCUT2D eigenvalue weighted by Gasteiger charge is 2.28. The van der Waals surface area contributed by atoms with E-state index in [1.54, 1.807) is 32.0 Å². The zero-order chi connectivity index (χ0) is 13.1. The molecule has 0 bridgehead atoms. The Hall–Kier alpha value is -1.26. The zero-order valence-corrected chi connectivity index (χ0v) is 10.8. The standard InChI is InChI=1S/C12H16ClNO3/c1-12(2,11(16)17-3)14-7-8-5-4-6-9(13)10(8)15/h4-6,14-15H,7H2,1-3H3. The van der Waals surface area contributed by atoms with E-state index in [0.29, 0.717) is 17.1 Å². The van der Waals surface area contributed by atoms with E-state index in [2.05, 4.69) is 10.1 Å². The van der Waals surface area contributed by atoms with Crippen LogP contribution in [-0.4, -0.2) is 23.7 Å². The van der Waals surface area contributed by atoms with Crippen molar-refractivity contribution in [3.8, 4) is 5.75 Å². The molecule has 0 spiro atoms. The van der Waals surface area contributed by atoms with E-state index in [0.717, 1.165) is 0 Å². The number of esters is 1. The minimum absolute atomic E-state index is 0.0299. The third-order valence-corrected chi connectivity index (χ3v) is 2.79. The molecule has 0 unspecified atom stereocenters. The molecule has 0 saturated carbocycles. The molecule has 17 heavy (non-hydrogen) atoms. The van der Waals surface area contributed by atoms with Crippen LogP contribution in [-0.2, 0) is 16.1 Å². The average Bonchev–Trinajstić information content (AvgIpc) is 2.30. The Morgan fingerprint density at radius 3 is 2.76 bits per heavy atom. The molecule has 1 rings (SSSR count). The van der Waals surface area contributed by atoms with Gasteiger partial charge in [-0.05, 0) is 19.9 Å². The van der Waals surface area contributed by atoms with Crippen LogP contribution in [0.2, 0.25) is 5.02 Å². The van der Waals surface area contributed by atoms with Crippen LogP contribution in [0.5, 0.6) is 5.75 Å². The second kappa shape index (κ2) is 5.38. The number of rotatable bonds is 4. The van der Waals surface area contributed by atoms with Gasteiger partial charge in [0.25, 0.3) is 0 Å². The maximum Gasteiger partial charge on any atom is 0.325 e. The van der Waals surface area contributed by atoms with Crippen LogP contribution >= 0.6 is 11.6 Å². The number of hydrogen-bond donors (Lipinski definition) is 2. The lowest BCUT2D eigenvalue weighted by molar-refractivity contribution is -0.147. The summed E-state index contributed by atoms with van der Waals surface area (Å²) in [4.78, 5) is 11.4. The molecule has 1 aromatic carbocycles. The molecule has 0 amide bonds. The van der Waals surface area contributed by atoms with Gasteiger partial charge in [0.05, 0.1) is 12.1 Å². The summed E-state index contributed by atoms with van der Waals surface area (Å²) in [5.74, 6) is -0.332. The van der Waals surface area contributed by atoms with E-state index >= 15 is 0 Å². The second-order valence-corrected chi connectivity index (χ2v) is 4.62. The normalized spacial score (nSPS) is 11.3. The van der Waals surface area contributed by atoms with E-state index in [9.17, 15) is 9.90 Å². The Morgan fingerprint density at radius 1 is 1.53 bits per heavy atom. The van der Waals surface area contributed by atoms with Crippen LogP contribution < -0.4 is 5.32 Å². The van der Waals surface area contributed by atoms with E-state index < -0.39 is 5.54 Å². The summed E-state index contributed by atoms with van der Waals surface area (Å²) in [6, 6.07) is 5.08. The summed E-state index contributed by atoms with van der Waals surface area (Å²) in [7, 11) is 1.34. The van der Waals surface area contributed by atoms with Gasteiger partial charge in [-0.3, -0.25) is 10.1 Å². The van der Waals surface area contributed by atoms with Crippen LogP contribution in [0.15, 0.2) is 18.2 Å². The summed E-state index contributed by atoms with van der Waals surface area (Å²) >= 11 is 5.78. The average molecular weight is 258 g/mol. The molecular weight excluding hydrogens is 242 g/mol. The van der Waals surface area contributed by atoms with E-state index in [1.165, 1.54) is 7.11 Å². The maximum absolute atomic E-state index is 11.4. The smallest absolute Gasteiger partial charge is 0.325 e. The molecule has 0 fully saturated rings. The van der Waals surface area contributed by atoms with E-state index in [1.807, 2.05) is 0 Å². The molecule has 0 aliphatic heterocycles. The highest BCUT2D eigenvalue weighted by atomic mass is 35.5. The number of methoxy groups -OCH3 is 1. The Morgan fingerprint density at radius 2 is 2.18 bits per heavy atom. The molecule has 5 heteroatoms. The van der Waals surface area contributed by atoms with Gasteiger partial charge >= 0.3 is 5.97 Å². The van der Waals surface area contributed by atoms with Crippen molar-refractivity contribution in [1.82, 2.24) is 5.32 Å². The lowest BCUT2D eigenvalue weighted by Crippen LogP contribution is -2.46. The Balaban J connectivity index is 2.74. The quantitative estimate of drug-likeness (QED) is 0.811. The largest absolute Gasteiger partial charge is 0.506 e. The number of aromatic hydroxyl groups is 1. The van der Waals surface area contributed by atoms with Gasteiger partial charge in [-0.1, -0.05) is 23.7 Å². The molecule has 4 nitrogen and oxygen atoms in total. The van der Waals surface area contributed by atoms with Crippen molar-refractivity contribution in [3.63, 3.8) is 0 Å². The summed E-state index contributed by atoms with van der Waals surface area (Å²) < 4.78 is 4.67. The highest BCUT2D eigenvalue weighted by molar-refractivity contribution is 6.32. The molecule has 0 radical (unpaired) electrons. The fourth-order valence-corrected chi connectivity index (χ4v) is 1.54.